The van der Waals surface area contributed by atoms with E-state index in [-0.39, 0.29) is 12.0 Å². The van der Waals surface area contributed by atoms with Gasteiger partial charge in [0.2, 0.25) is 0 Å². The van der Waals surface area contributed by atoms with Gasteiger partial charge in [0.05, 0.1) is 24.1 Å². The van der Waals surface area contributed by atoms with E-state index in [9.17, 15) is 9.59 Å². The van der Waals surface area contributed by atoms with Crippen molar-refractivity contribution in [2.75, 3.05) is 44.2 Å². The van der Waals surface area contributed by atoms with Crippen molar-refractivity contribution < 1.29 is 14.3 Å². The van der Waals surface area contributed by atoms with Crippen molar-refractivity contribution in [3.05, 3.63) is 24.0 Å². The van der Waals surface area contributed by atoms with E-state index in [4.69, 9.17) is 4.74 Å². The van der Waals surface area contributed by atoms with E-state index in [0.717, 1.165) is 24.9 Å². The molecule has 1 fully saturated rings. The first-order valence-electron chi connectivity index (χ1n) is 9.05. The summed E-state index contributed by atoms with van der Waals surface area (Å²) in [7, 11) is 0. The third kappa shape index (κ3) is 5.62. The van der Waals surface area contributed by atoms with E-state index in [2.05, 4.69) is 22.1 Å². The molecule has 7 heteroatoms. The number of piperazine rings is 1. The molecule has 0 atom stereocenters. The molecule has 2 heterocycles. The van der Waals surface area contributed by atoms with Crippen molar-refractivity contribution in [2.24, 2.45) is 0 Å². The molecule has 1 aromatic heterocycles. The molecule has 2 amide bonds. The second-order valence-corrected chi connectivity index (χ2v) is 6.07. The van der Waals surface area contributed by atoms with Crippen LogP contribution in [0.1, 0.15) is 43.5 Å². The Morgan fingerprint density at radius 3 is 2.60 bits per heavy atom. The van der Waals surface area contributed by atoms with E-state index in [0.29, 0.717) is 44.9 Å². The van der Waals surface area contributed by atoms with Gasteiger partial charge in [0, 0.05) is 38.9 Å². The third-order valence-electron chi connectivity index (χ3n) is 4.22. The molecule has 0 radical (unpaired) electrons. The summed E-state index contributed by atoms with van der Waals surface area (Å²) in [6, 6.07) is 1.86. The van der Waals surface area contributed by atoms with Crippen LogP contribution in [0.4, 0.5) is 10.5 Å². The van der Waals surface area contributed by atoms with Crippen molar-refractivity contribution in [3.8, 4) is 0 Å². The lowest BCUT2D eigenvalue weighted by Gasteiger charge is -2.35. The normalized spacial score (nSPS) is 14.3. The topological polar surface area (TPSA) is 74.8 Å². The minimum absolute atomic E-state index is 0.0874. The fraction of sp³-hybridized carbons (Fsp3) is 0.611. The number of ether oxygens (including phenoxy) is 1. The number of aromatic nitrogens is 1. The number of rotatable bonds is 7. The SMILES string of the molecule is CCCCCNC(=O)c1cncc(N2CCN(C(=O)OCC)CC2)c1. The summed E-state index contributed by atoms with van der Waals surface area (Å²) in [4.78, 5) is 32.0. The molecule has 0 unspecified atom stereocenters. The summed E-state index contributed by atoms with van der Waals surface area (Å²) in [5.41, 5.74) is 1.48. The highest BCUT2D eigenvalue weighted by molar-refractivity contribution is 5.94. The van der Waals surface area contributed by atoms with Gasteiger partial charge in [0.25, 0.3) is 5.91 Å². The van der Waals surface area contributed by atoms with Gasteiger partial charge in [-0.1, -0.05) is 19.8 Å². The monoisotopic (exact) mass is 348 g/mol. The Morgan fingerprint density at radius 1 is 1.16 bits per heavy atom. The molecule has 0 spiro atoms. The van der Waals surface area contributed by atoms with Crippen LogP contribution in [-0.2, 0) is 4.74 Å². The molecule has 138 valence electrons. The molecule has 2 rings (SSSR count). The average molecular weight is 348 g/mol. The zero-order valence-electron chi connectivity index (χ0n) is 15.2. The Labute approximate surface area is 149 Å². The minimum Gasteiger partial charge on any atom is -0.450 e. The first-order chi connectivity index (χ1) is 12.2. The Bertz CT molecular complexity index is 571. The number of pyridine rings is 1. The van der Waals surface area contributed by atoms with Gasteiger partial charge >= 0.3 is 6.09 Å². The summed E-state index contributed by atoms with van der Waals surface area (Å²) in [6.07, 6.45) is 6.32. The largest absolute Gasteiger partial charge is 0.450 e. The predicted octanol–water partition coefficient (Wildman–Crippen LogP) is 2.28. The first-order valence-corrected chi connectivity index (χ1v) is 9.05. The average Bonchev–Trinajstić information content (AvgIpc) is 2.65. The van der Waals surface area contributed by atoms with Crippen molar-refractivity contribution in [3.63, 3.8) is 0 Å². The van der Waals surface area contributed by atoms with Gasteiger partial charge in [-0.2, -0.15) is 0 Å². The lowest BCUT2D eigenvalue weighted by atomic mass is 10.2. The van der Waals surface area contributed by atoms with Gasteiger partial charge in [-0.15, -0.1) is 0 Å². The Balaban J connectivity index is 1.89. The number of amides is 2. The summed E-state index contributed by atoms with van der Waals surface area (Å²) < 4.78 is 5.03. The van der Waals surface area contributed by atoms with Gasteiger partial charge in [0.15, 0.2) is 0 Å². The van der Waals surface area contributed by atoms with E-state index >= 15 is 0 Å². The molecule has 1 aromatic rings. The molecule has 0 aromatic carbocycles. The van der Waals surface area contributed by atoms with E-state index in [1.807, 2.05) is 6.07 Å². The van der Waals surface area contributed by atoms with E-state index in [1.54, 1.807) is 24.2 Å². The van der Waals surface area contributed by atoms with Crippen molar-refractivity contribution >= 4 is 17.7 Å². The maximum Gasteiger partial charge on any atom is 0.409 e. The molecule has 0 saturated carbocycles. The van der Waals surface area contributed by atoms with Crippen molar-refractivity contribution in [2.45, 2.75) is 33.1 Å². The highest BCUT2D eigenvalue weighted by atomic mass is 16.6. The number of nitrogens with one attached hydrogen (secondary N) is 1. The summed E-state index contributed by atoms with van der Waals surface area (Å²) >= 11 is 0. The van der Waals surface area contributed by atoms with Crippen LogP contribution in [0.5, 0.6) is 0 Å². The lowest BCUT2D eigenvalue weighted by Crippen LogP contribution is -2.49. The maximum absolute atomic E-state index is 12.2. The van der Waals surface area contributed by atoms with Crippen LogP contribution in [-0.4, -0.2) is 61.2 Å². The third-order valence-corrected chi connectivity index (χ3v) is 4.22. The van der Waals surface area contributed by atoms with Gasteiger partial charge in [-0.3, -0.25) is 9.78 Å². The number of hydrogen-bond acceptors (Lipinski definition) is 5. The number of carbonyl (C=O) groups excluding carboxylic acids is 2. The predicted molar refractivity (Wildman–Crippen MR) is 96.9 cm³/mol. The molecule has 25 heavy (non-hydrogen) atoms. The quantitative estimate of drug-likeness (QED) is 0.765. The molecule has 0 aliphatic carbocycles. The summed E-state index contributed by atoms with van der Waals surface area (Å²) in [6.45, 7) is 7.62. The number of nitrogens with zero attached hydrogens (tertiary/aromatic N) is 3. The summed E-state index contributed by atoms with van der Waals surface area (Å²) in [5, 5.41) is 2.93. The molecule has 1 saturated heterocycles. The maximum atomic E-state index is 12.2. The van der Waals surface area contributed by atoms with Gasteiger partial charge in [0.1, 0.15) is 0 Å². The Hall–Kier alpha value is -2.31. The molecule has 7 nitrogen and oxygen atoms in total. The summed E-state index contributed by atoms with van der Waals surface area (Å²) in [5.74, 6) is -0.0874. The molecule has 0 bridgehead atoms. The highest BCUT2D eigenvalue weighted by Gasteiger charge is 2.22. The van der Waals surface area contributed by atoms with Crippen molar-refractivity contribution in [1.29, 1.82) is 0 Å². The molecule has 1 aliphatic heterocycles. The number of hydrogen-bond donors (Lipinski definition) is 1. The van der Waals surface area contributed by atoms with Crippen LogP contribution in [0, 0.1) is 0 Å². The zero-order chi connectivity index (χ0) is 18.1. The van der Waals surface area contributed by atoms with Crippen LogP contribution in [0.25, 0.3) is 0 Å². The van der Waals surface area contributed by atoms with Gasteiger partial charge in [-0.05, 0) is 19.4 Å². The second kappa shape index (κ2) is 9.86. The Kier molecular flexibility index (Phi) is 7.50. The molecular weight excluding hydrogens is 320 g/mol. The first kappa shape index (κ1) is 19.0. The number of unbranched alkanes of at least 4 members (excludes halogenated alkanes) is 2. The fourth-order valence-electron chi connectivity index (χ4n) is 2.77. The smallest absolute Gasteiger partial charge is 0.409 e. The lowest BCUT2D eigenvalue weighted by molar-refractivity contribution is 0.0952. The van der Waals surface area contributed by atoms with Gasteiger partial charge in [-0.25, -0.2) is 4.79 Å². The molecule has 1 aliphatic rings. The molecule has 1 N–H and O–H groups in total. The van der Waals surface area contributed by atoms with Crippen LogP contribution < -0.4 is 10.2 Å². The zero-order valence-corrected chi connectivity index (χ0v) is 15.2. The number of carbonyl (C=O) groups is 2. The van der Waals surface area contributed by atoms with Gasteiger partial charge < -0.3 is 19.9 Å². The number of anilines is 1. The second-order valence-electron chi connectivity index (χ2n) is 6.07. The highest BCUT2D eigenvalue weighted by Crippen LogP contribution is 2.17. The molecular formula is C18H28N4O3. The van der Waals surface area contributed by atoms with E-state index in [1.165, 1.54) is 0 Å². The van der Waals surface area contributed by atoms with Crippen LogP contribution >= 0.6 is 0 Å². The van der Waals surface area contributed by atoms with Crippen molar-refractivity contribution in [1.82, 2.24) is 15.2 Å². The van der Waals surface area contributed by atoms with E-state index < -0.39 is 0 Å². The van der Waals surface area contributed by atoms with Crippen LogP contribution in [0.3, 0.4) is 0 Å². The van der Waals surface area contributed by atoms with Crippen LogP contribution in [0.15, 0.2) is 18.5 Å². The Morgan fingerprint density at radius 2 is 1.92 bits per heavy atom. The van der Waals surface area contributed by atoms with Crippen LogP contribution in [0.2, 0.25) is 0 Å². The minimum atomic E-state index is -0.263. The fourth-order valence-corrected chi connectivity index (χ4v) is 2.77. The standard InChI is InChI=1S/C18H28N4O3/c1-3-5-6-7-20-17(23)15-12-16(14-19-13-15)21-8-10-22(11-9-21)18(24)25-4-2/h12-14H,3-11H2,1-2H3,(H,20,23).